The number of rotatable bonds is 0. The van der Waals surface area contributed by atoms with Crippen LogP contribution in [0.3, 0.4) is 0 Å². The molecule has 2 saturated heterocycles. The van der Waals surface area contributed by atoms with E-state index in [-0.39, 0.29) is 0 Å². The molecule has 0 saturated carbocycles. The summed E-state index contributed by atoms with van der Waals surface area (Å²) >= 11 is 0. The van der Waals surface area contributed by atoms with Crippen molar-refractivity contribution in [2.24, 2.45) is 5.41 Å². The summed E-state index contributed by atoms with van der Waals surface area (Å²) in [5.74, 6) is 0. The molecule has 1 atom stereocenters. The highest BCUT2D eigenvalue weighted by Crippen LogP contribution is 2.39. The van der Waals surface area contributed by atoms with Gasteiger partial charge in [0.05, 0.1) is 12.7 Å². The van der Waals surface area contributed by atoms with Gasteiger partial charge in [0.2, 0.25) is 0 Å². The maximum Gasteiger partial charge on any atom is 0.0554 e. The summed E-state index contributed by atoms with van der Waals surface area (Å²) in [4.78, 5) is 2.36. The highest BCUT2D eigenvalue weighted by Gasteiger charge is 2.46. The van der Waals surface area contributed by atoms with Crippen molar-refractivity contribution in [1.29, 1.82) is 0 Å². The van der Waals surface area contributed by atoms with Crippen LogP contribution in [0.25, 0.3) is 0 Å². The summed E-state index contributed by atoms with van der Waals surface area (Å²) in [6, 6.07) is 0. The Bertz CT molecular complexity index is 135. The maximum absolute atomic E-state index is 5.53. The minimum atomic E-state index is 0.508. The highest BCUT2D eigenvalue weighted by molar-refractivity contribution is 4.97. The first-order valence-corrected chi connectivity index (χ1v) is 5.00. The Morgan fingerprint density at radius 1 is 1.33 bits per heavy atom. The molecule has 0 aromatic carbocycles. The fourth-order valence-electron chi connectivity index (χ4n) is 2.37. The Balaban J connectivity index is 0.000000336. The van der Waals surface area contributed by atoms with Crippen LogP contribution in [0.2, 0.25) is 0 Å². The summed E-state index contributed by atoms with van der Waals surface area (Å²) in [7, 11) is 2.17. The molecule has 2 rings (SSSR count). The third-order valence-electron chi connectivity index (χ3n) is 2.61. The van der Waals surface area contributed by atoms with Crippen LogP contribution in [-0.4, -0.2) is 37.7 Å². The normalized spacial score (nSPS) is 32.5. The molecule has 0 radical (unpaired) electrons. The molecule has 2 heterocycles. The van der Waals surface area contributed by atoms with Crippen LogP contribution in [-0.2, 0) is 4.74 Å². The minimum Gasteiger partial charge on any atom is -0.378 e. The number of hydrogen-bond donors (Lipinski definition) is 0. The molecule has 72 valence electrons. The van der Waals surface area contributed by atoms with E-state index in [9.17, 15) is 0 Å². The second-order valence-corrected chi connectivity index (χ2v) is 4.00. The molecule has 0 N–H and O–H groups in total. The summed E-state index contributed by atoms with van der Waals surface area (Å²) < 4.78 is 5.53. The second-order valence-electron chi connectivity index (χ2n) is 4.00. The predicted octanol–water partition coefficient (Wildman–Crippen LogP) is 1.75. The van der Waals surface area contributed by atoms with E-state index >= 15 is 0 Å². The van der Waals surface area contributed by atoms with E-state index in [0.717, 1.165) is 6.61 Å². The van der Waals surface area contributed by atoms with Crippen molar-refractivity contribution < 1.29 is 4.74 Å². The lowest BCUT2D eigenvalue weighted by Gasteiger charge is -2.45. The van der Waals surface area contributed by atoms with Crippen LogP contribution >= 0.6 is 0 Å². The van der Waals surface area contributed by atoms with Gasteiger partial charge in [-0.15, -0.1) is 0 Å². The first-order valence-electron chi connectivity index (χ1n) is 5.00. The number of nitrogens with zero attached hydrogens (tertiary/aromatic N) is 1. The van der Waals surface area contributed by atoms with Gasteiger partial charge in [0.15, 0.2) is 0 Å². The minimum absolute atomic E-state index is 0.508. The van der Waals surface area contributed by atoms with Crippen LogP contribution < -0.4 is 0 Å². The van der Waals surface area contributed by atoms with E-state index in [2.05, 4.69) is 18.9 Å². The van der Waals surface area contributed by atoms with Crippen LogP contribution in [0, 0.1) is 5.41 Å². The lowest BCUT2D eigenvalue weighted by molar-refractivity contribution is 0.00976. The number of ether oxygens (including phenoxy) is 1. The average molecular weight is 171 g/mol. The van der Waals surface area contributed by atoms with Gasteiger partial charge in [0.25, 0.3) is 0 Å². The molecule has 0 aromatic rings. The molecule has 0 amide bonds. The van der Waals surface area contributed by atoms with E-state index in [1.54, 1.807) is 0 Å². The molecule has 0 aliphatic carbocycles. The topological polar surface area (TPSA) is 12.5 Å². The van der Waals surface area contributed by atoms with Gasteiger partial charge in [0.1, 0.15) is 0 Å². The number of likely N-dealkylation sites (tertiary alicyclic amines) is 1. The lowest BCUT2D eigenvalue weighted by atomic mass is 9.78. The van der Waals surface area contributed by atoms with Crippen molar-refractivity contribution in [3.8, 4) is 0 Å². The maximum atomic E-state index is 5.53. The Morgan fingerprint density at radius 3 is 2.25 bits per heavy atom. The SMILES string of the molecule is CC.CC1CC2(CO1)CN(C)C2. The quantitative estimate of drug-likeness (QED) is 0.550. The zero-order valence-corrected chi connectivity index (χ0v) is 8.76. The zero-order chi connectivity index (χ0) is 9.19. The summed E-state index contributed by atoms with van der Waals surface area (Å²) in [5, 5.41) is 0. The molecule has 1 spiro atoms. The third-order valence-corrected chi connectivity index (χ3v) is 2.61. The summed E-state index contributed by atoms with van der Waals surface area (Å²) in [6.45, 7) is 9.67. The molecule has 2 heteroatoms. The first kappa shape index (κ1) is 10.0. The molecular formula is C10H21NO. The van der Waals surface area contributed by atoms with E-state index in [1.165, 1.54) is 19.5 Å². The van der Waals surface area contributed by atoms with Gasteiger partial charge < -0.3 is 9.64 Å². The van der Waals surface area contributed by atoms with Crippen molar-refractivity contribution >= 4 is 0 Å². The molecule has 0 aromatic heterocycles. The summed E-state index contributed by atoms with van der Waals surface area (Å²) in [5.41, 5.74) is 0.564. The van der Waals surface area contributed by atoms with E-state index < -0.39 is 0 Å². The van der Waals surface area contributed by atoms with Crippen molar-refractivity contribution in [3.63, 3.8) is 0 Å². The standard InChI is InChI=1S/C8H15NO.C2H6/c1-7-3-8(6-10-7)4-9(2)5-8;1-2/h7H,3-6H2,1-2H3;1-2H3. The number of hydrogen-bond acceptors (Lipinski definition) is 2. The van der Waals surface area contributed by atoms with Crippen LogP contribution in [0.1, 0.15) is 27.2 Å². The Morgan fingerprint density at radius 2 is 1.92 bits per heavy atom. The van der Waals surface area contributed by atoms with Crippen molar-refractivity contribution in [2.45, 2.75) is 33.3 Å². The highest BCUT2D eigenvalue weighted by atomic mass is 16.5. The van der Waals surface area contributed by atoms with Gasteiger partial charge in [-0.1, -0.05) is 13.8 Å². The van der Waals surface area contributed by atoms with E-state index in [4.69, 9.17) is 4.74 Å². The monoisotopic (exact) mass is 171 g/mol. The Labute approximate surface area is 75.9 Å². The fraction of sp³-hybridized carbons (Fsp3) is 1.00. The van der Waals surface area contributed by atoms with Gasteiger partial charge in [-0.05, 0) is 20.4 Å². The molecule has 2 nitrogen and oxygen atoms in total. The fourth-order valence-corrected chi connectivity index (χ4v) is 2.37. The largest absolute Gasteiger partial charge is 0.378 e. The van der Waals surface area contributed by atoms with Crippen LogP contribution in [0.4, 0.5) is 0 Å². The van der Waals surface area contributed by atoms with Gasteiger partial charge in [-0.25, -0.2) is 0 Å². The predicted molar refractivity (Wildman–Crippen MR) is 51.3 cm³/mol. The molecule has 0 bridgehead atoms. The van der Waals surface area contributed by atoms with Crippen molar-refractivity contribution in [1.82, 2.24) is 4.90 Å². The average Bonchev–Trinajstić information content (AvgIpc) is 2.36. The van der Waals surface area contributed by atoms with Gasteiger partial charge >= 0.3 is 0 Å². The van der Waals surface area contributed by atoms with Gasteiger partial charge in [0, 0.05) is 18.5 Å². The summed E-state index contributed by atoms with van der Waals surface area (Å²) in [6.07, 6.45) is 1.78. The lowest BCUT2D eigenvalue weighted by Crippen LogP contribution is -2.54. The van der Waals surface area contributed by atoms with Crippen LogP contribution in [0.5, 0.6) is 0 Å². The van der Waals surface area contributed by atoms with E-state index in [0.29, 0.717) is 11.5 Å². The van der Waals surface area contributed by atoms with Crippen molar-refractivity contribution in [2.75, 3.05) is 26.7 Å². The first-order chi connectivity index (χ1) is 5.70. The molecule has 12 heavy (non-hydrogen) atoms. The van der Waals surface area contributed by atoms with Gasteiger partial charge in [-0.3, -0.25) is 0 Å². The molecular weight excluding hydrogens is 150 g/mol. The zero-order valence-electron chi connectivity index (χ0n) is 8.76. The van der Waals surface area contributed by atoms with Crippen molar-refractivity contribution in [3.05, 3.63) is 0 Å². The van der Waals surface area contributed by atoms with Crippen LogP contribution in [0.15, 0.2) is 0 Å². The molecule has 2 aliphatic heterocycles. The third kappa shape index (κ3) is 1.80. The smallest absolute Gasteiger partial charge is 0.0554 e. The van der Waals surface area contributed by atoms with Gasteiger partial charge in [-0.2, -0.15) is 0 Å². The molecule has 1 unspecified atom stereocenters. The Kier molecular flexibility index (Phi) is 3.13. The Hall–Kier alpha value is -0.0800. The second kappa shape index (κ2) is 3.75. The molecule has 2 fully saturated rings. The molecule has 2 aliphatic rings. The van der Waals surface area contributed by atoms with E-state index in [1.807, 2.05) is 13.8 Å².